The normalized spacial score (nSPS) is 10.5. The van der Waals surface area contributed by atoms with Crippen LogP contribution in [0, 0.1) is 0 Å². The summed E-state index contributed by atoms with van der Waals surface area (Å²) in [6.45, 7) is 3.33. The summed E-state index contributed by atoms with van der Waals surface area (Å²) >= 11 is 1.93. The largest absolute Gasteiger partial charge is 0.385 e. The van der Waals surface area contributed by atoms with Crippen molar-refractivity contribution in [2.75, 3.05) is 23.9 Å². The van der Waals surface area contributed by atoms with Gasteiger partial charge >= 0.3 is 0 Å². The lowest BCUT2D eigenvalue weighted by Crippen LogP contribution is -2.01. The molecule has 2 heteroatoms. The van der Waals surface area contributed by atoms with Gasteiger partial charge in [0.1, 0.15) is 0 Å². The molecule has 0 aliphatic rings. The Labute approximate surface area is 110 Å². The third-order valence-electron chi connectivity index (χ3n) is 2.88. The van der Waals surface area contributed by atoms with Crippen LogP contribution in [0.3, 0.4) is 0 Å². The minimum atomic E-state index is 1.09. The second-order valence-corrected chi connectivity index (χ2v) is 5.41. The molecule has 96 valence electrons. The minimum Gasteiger partial charge on any atom is -0.385 e. The highest BCUT2D eigenvalue weighted by molar-refractivity contribution is 7.98. The van der Waals surface area contributed by atoms with E-state index in [1.54, 1.807) is 0 Å². The van der Waals surface area contributed by atoms with Crippen molar-refractivity contribution in [3.8, 4) is 0 Å². The van der Waals surface area contributed by atoms with Gasteiger partial charge in [-0.1, -0.05) is 25.5 Å². The molecule has 0 aliphatic carbocycles. The molecule has 0 saturated heterocycles. The molecule has 0 bridgehead atoms. The Hall–Kier alpha value is -0.630. The second kappa shape index (κ2) is 9.41. The van der Waals surface area contributed by atoms with Crippen LogP contribution in [0.2, 0.25) is 0 Å². The van der Waals surface area contributed by atoms with E-state index in [1.807, 2.05) is 11.8 Å². The number of hydrogen-bond acceptors (Lipinski definition) is 2. The first-order valence-electron chi connectivity index (χ1n) is 6.68. The van der Waals surface area contributed by atoms with Crippen molar-refractivity contribution in [3.05, 3.63) is 29.8 Å². The average Bonchev–Trinajstić information content (AvgIpc) is 2.37. The van der Waals surface area contributed by atoms with E-state index in [2.05, 4.69) is 42.8 Å². The fraction of sp³-hybridized carbons (Fsp3) is 0.600. The highest BCUT2D eigenvalue weighted by Gasteiger charge is 1.94. The predicted octanol–water partition coefficient (Wildman–Crippen LogP) is 4.58. The molecule has 0 aromatic heterocycles. The number of thioether (sulfide) groups is 1. The molecular weight excluding hydrogens is 226 g/mol. The summed E-state index contributed by atoms with van der Waals surface area (Å²) in [6, 6.07) is 8.92. The van der Waals surface area contributed by atoms with Crippen molar-refractivity contribution < 1.29 is 0 Å². The molecule has 0 unspecified atom stereocenters. The number of hydrogen-bond donors (Lipinski definition) is 1. The zero-order valence-corrected chi connectivity index (χ0v) is 12.0. The van der Waals surface area contributed by atoms with Crippen LogP contribution in [0.4, 0.5) is 5.69 Å². The Morgan fingerprint density at radius 1 is 1.06 bits per heavy atom. The van der Waals surface area contributed by atoms with E-state index in [0.29, 0.717) is 0 Å². The quantitative estimate of drug-likeness (QED) is 0.645. The van der Waals surface area contributed by atoms with Gasteiger partial charge in [0.25, 0.3) is 0 Å². The monoisotopic (exact) mass is 251 g/mol. The summed E-state index contributed by atoms with van der Waals surface area (Å²) in [5, 5.41) is 3.48. The van der Waals surface area contributed by atoms with Crippen LogP contribution in [-0.4, -0.2) is 18.6 Å². The first-order valence-corrected chi connectivity index (χ1v) is 8.08. The van der Waals surface area contributed by atoms with E-state index in [9.17, 15) is 0 Å². The lowest BCUT2D eigenvalue weighted by atomic mass is 10.1. The molecule has 0 aliphatic heterocycles. The van der Waals surface area contributed by atoms with E-state index < -0.39 is 0 Å². The Bertz CT molecular complexity index is 281. The molecule has 1 nitrogen and oxygen atoms in total. The van der Waals surface area contributed by atoms with Gasteiger partial charge in [0.15, 0.2) is 0 Å². The SMILES string of the molecule is CCCCc1ccc(NCCCCSC)cc1. The highest BCUT2D eigenvalue weighted by Crippen LogP contribution is 2.12. The summed E-state index contributed by atoms with van der Waals surface area (Å²) in [5.74, 6) is 1.28. The summed E-state index contributed by atoms with van der Waals surface area (Å²) in [7, 11) is 0. The Morgan fingerprint density at radius 2 is 1.82 bits per heavy atom. The number of aryl methyl sites for hydroxylation is 1. The van der Waals surface area contributed by atoms with Gasteiger partial charge in [-0.3, -0.25) is 0 Å². The number of benzene rings is 1. The topological polar surface area (TPSA) is 12.0 Å². The van der Waals surface area contributed by atoms with Crippen LogP contribution in [0.1, 0.15) is 38.2 Å². The van der Waals surface area contributed by atoms with E-state index in [1.165, 1.54) is 49.1 Å². The number of anilines is 1. The summed E-state index contributed by atoms with van der Waals surface area (Å²) < 4.78 is 0. The third kappa shape index (κ3) is 6.62. The van der Waals surface area contributed by atoms with E-state index in [-0.39, 0.29) is 0 Å². The van der Waals surface area contributed by atoms with Gasteiger partial charge in [-0.05, 0) is 55.4 Å². The van der Waals surface area contributed by atoms with E-state index >= 15 is 0 Å². The van der Waals surface area contributed by atoms with Gasteiger partial charge in [-0.2, -0.15) is 11.8 Å². The molecule has 0 spiro atoms. The molecule has 1 N–H and O–H groups in total. The van der Waals surface area contributed by atoms with Crippen LogP contribution in [0.5, 0.6) is 0 Å². The predicted molar refractivity (Wildman–Crippen MR) is 81.2 cm³/mol. The summed E-state index contributed by atoms with van der Waals surface area (Å²) in [6.07, 6.45) is 8.52. The molecule has 0 amide bonds. The zero-order valence-electron chi connectivity index (χ0n) is 11.2. The first kappa shape index (κ1) is 14.4. The number of nitrogens with one attached hydrogen (secondary N) is 1. The molecule has 17 heavy (non-hydrogen) atoms. The first-order chi connectivity index (χ1) is 8.36. The molecule has 0 radical (unpaired) electrons. The maximum Gasteiger partial charge on any atom is 0.0340 e. The number of rotatable bonds is 9. The number of unbranched alkanes of at least 4 members (excludes halogenated alkanes) is 2. The summed E-state index contributed by atoms with van der Waals surface area (Å²) in [5.41, 5.74) is 2.72. The van der Waals surface area contributed by atoms with Crippen molar-refractivity contribution in [3.63, 3.8) is 0 Å². The molecule has 1 rings (SSSR count). The molecule has 0 fully saturated rings. The molecule has 1 aromatic rings. The maximum absolute atomic E-state index is 3.48. The van der Waals surface area contributed by atoms with Crippen LogP contribution in [-0.2, 0) is 6.42 Å². The molecular formula is C15H25NS. The van der Waals surface area contributed by atoms with Crippen LogP contribution in [0.15, 0.2) is 24.3 Å². The molecule has 1 aromatic carbocycles. The van der Waals surface area contributed by atoms with Crippen molar-refractivity contribution in [1.82, 2.24) is 0 Å². The van der Waals surface area contributed by atoms with Gasteiger partial charge in [-0.25, -0.2) is 0 Å². The Kier molecular flexibility index (Phi) is 7.98. The van der Waals surface area contributed by atoms with Crippen LogP contribution in [0.25, 0.3) is 0 Å². The maximum atomic E-state index is 3.48. The van der Waals surface area contributed by atoms with Gasteiger partial charge < -0.3 is 5.32 Å². The van der Waals surface area contributed by atoms with Crippen LogP contribution < -0.4 is 5.32 Å². The molecule has 0 atom stereocenters. The Morgan fingerprint density at radius 3 is 2.47 bits per heavy atom. The van der Waals surface area contributed by atoms with Crippen molar-refractivity contribution in [2.45, 2.75) is 39.0 Å². The minimum absolute atomic E-state index is 1.09. The third-order valence-corrected chi connectivity index (χ3v) is 3.57. The van der Waals surface area contributed by atoms with Crippen LogP contribution >= 0.6 is 11.8 Å². The average molecular weight is 251 g/mol. The van der Waals surface area contributed by atoms with E-state index in [0.717, 1.165) is 6.54 Å². The lowest BCUT2D eigenvalue weighted by molar-refractivity contribution is 0.795. The lowest BCUT2D eigenvalue weighted by Gasteiger charge is -2.07. The van der Waals surface area contributed by atoms with Crippen molar-refractivity contribution >= 4 is 17.4 Å². The standard InChI is InChI=1S/C15H25NS/c1-3-4-7-14-8-10-15(11-9-14)16-12-5-6-13-17-2/h8-11,16H,3-7,12-13H2,1-2H3. The summed E-state index contributed by atoms with van der Waals surface area (Å²) in [4.78, 5) is 0. The van der Waals surface area contributed by atoms with Crippen molar-refractivity contribution in [2.24, 2.45) is 0 Å². The highest BCUT2D eigenvalue weighted by atomic mass is 32.2. The second-order valence-electron chi connectivity index (χ2n) is 4.43. The zero-order chi connectivity index (χ0) is 12.3. The molecule has 0 heterocycles. The fourth-order valence-electron chi connectivity index (χ4n) is 1.77. The van der Waals surface area contributed by atoms with Crippen molar-refractivity contribution in [1.29, 1.82) is 0 Å². The van der Waals surface area contributed by atoms with Gasteiger partial charge in [0.2, 0.25) is 0 Å². The fourth-order valence-corrected chi connectivity index (χ4v) is 2.27. The smallest absolute Gasteiger partial charge is 0.0340 e. The van der Waals surface area contributed by atoms with Gasteiger partial charge in [-0.15, -0.1) is 0 Å². The van der Waals surface area contributed by atoms with E-state index in [4.69, 9.17) is 0 Å². The van der Waals surface area contributed by atoms with Gasteiger partial charge in [0, 0.05) is 12.2 Å². The molecule has 0 saturated carbocycles. The van der Waals surface area contributed by atoms with Gasteiger partial charge in [0.05, 0.1) is 0 Å². The Balaban J connectivity index is 2.20.